The van der Waals surface area contributed by atoms with Crippen molar-refractivity contribution in [1.82, 2.24) is 4.90 Å². The first-order chi connectivity index (χ1) is 7.66. The molecule has 4 nitrogen and oxygen atoms in total. The Kier molecular flexibility index (Phi) is 3.19. The van der Waals surface area contributed by atoms with Gasteiger partial charge in [-0.15, -0.1) is 0 Å². The van der Waals surface area contributed by atoms with E-state index in [1.165, 1.54) is 18.4 Å². The number of benzene rings is 1. The molecule has 0 N–H and O–H groups in total. The van der Waals surface area contributed by atoms with Gasteiger partial charge in [0.2, 0.25) is 0 Å². The summed E-state index contributed by atoms with van der Waals surface area (Å²) in [6.07, 6.45) is 2.54. The zero-order valence-corrected chi connectivity index (χ0v) is 9.48. The lowest BCUT2D eigenvalue weighted by Crippen LogP contribution is -2.18. The minimum atomic E-state index is -0.341. The second-order valence-electron chi connectivity index (χ2n) is 4.35. The number of nitrogens with zero attached hydrogens (tertiary/aromatic N) is 2. The third-order valence-electron chi connectivity index (χ3n) is 3.13. The fourth-order valence-electron chi connectivity index (χ4n) is 2.15. The molecule has 1 aliphatic heterocycles. The molecule has 16 heavy (non-hydrogen) atoms. The van der Waals surface area contributed by atoms with Gasteiger partial charge in [0.25, 0.3) is 5.69 Å². The van der Waals surface area contributed by atoms with Crippen LogP contribution in [0.1, 0.15) is 24.0 Å². The summed E-state index contributed by atoms with van der Waals surface area (Å²) in [5, 5.41) is 10.6. The van der Waals surface area contributed by atoms with Crippen molar-refractivity contribution in [3.05, 3.63) is 39.4 Å². The molecule has 1 saturated heterocycles. The smallest absolute Gasteiger partial charge is 0.269 e. The van der Waals surface area contributed by atoms with E-state index in [2.05, 4.69) is 4.90 Å². The molecule has 1 fully saturated rings. The minimum Gasteiger partial charge on any atom is -0.299 e. The standard InChI is InChI=1S/C12H16N2O2/c1-10-8-12(14(15)16)5-4-11(10)9-13-6-2-3-7-13/h4-5,8H,2-3,6-7,9H2,1H3. The number of non-ortho nitro benzene ring substituents is 1. The molecule has 0 radical (unpaired) electrons. The molecule has 4 heteroatoms. The summed E-state index contributed by atoms with van der Waals surface area (Å²) in [5.74, 6) is 0. The maximum absolute atomic E-state index is 10.6. The summed E-state index contributed by atoms with van der Waals surface area (Å²) < 4.78 is 0. The zero-order chi connectivity index (χ0) is 11.5. The number of hydrogen-bond donors (Lipinski definition) is 0. The molecule has 0 unspecified atom stereocenters. The fourth-order valence-corrected chi connectivity index (χ4v) is 2.15. The number of aryl methyl sites for hydroxylation is 1. The van der Waals surface area contributed by atoms with E-state index in [0.717, 1.165) is 25.2 Å². The third-order valence-corrected chi connectivity index (χ3v) is 3.13. The van der Waals surface area contributed by atoms with Crippen molar-refractivity contribution < 1.29 is 4.92 Å². The van der Waals surface area contributed by atoms with Crippen LogP contribution in [0.3, 0.4) is 0 Å². The molecule has 0 saturated carbocycles. The van der Waals surface area contributed by atoms with Gasteiger partial charge in [0.05, 0.1) is 4.92 Å². The van der Waals surface area contributed by atoms with Gasteiger partial charge in [-0.05, 0) is 44.0 Å². The second-order valence-corrected chi connectivity index (χ2v) is 4.35. The molecule has 1 aromatic rings. The molecule has 0 spiro atoms. The van der Waals surface area contributed by atoms with E-state index < -0.39 is 0 Å². The van der Waals surface area contributed by atoms with Crippen molar-refractivity contribution in [3.63, 3.8) is 0 Å². The number of hydrogen-bond acceptors (Lipinski definition) is 3. The number of rotatable bonds is 3. The van der Waals surface area contributed by atoms with Gasteiger partial charge >= 0.3 is 0 Å². The van der Waals surface area contributed by atoms with Crippen LogP contribution >= 0.6 is 0 Å². The Morgan fingerprint density at radius 2 is 2.06 bits per heavy atom. The maximum atomic E-state index is 10.6. The molecule has 1 aromatic carbocycles. The highest BCUT2D eigenvalue weighted by atomic mass is 16.6. The number of likely N-dealkylation sites (tertiary alicyclic amines) is 1. The molecule has 0 bridgehead atoms. The van der Waals surface area contributed by atoms with Crippen LogP contribution in [0.4, 0.5) is 5.69 Å². The lowest BCUT2D eigenvalue weighted by atomic mass is 10.1. The van der Waals surface area contributed by atoms with Crippen LogP contribution in [0, 0.1) is 17.0 Å². The van der Waals surface area contributed by atoms with E-state index in [4.69, 9.17) is 0 Å². The maximum Gasteiger partial charge on any atom is 0.269 e. The fraction of sp³-hybridized carbons (Fsp3) is 0.500. The van der Waals surface area contributed by atoms with Gasteiger partial charge in [-0.2, -0.15) is 0 Å². The lowest BCUT2D eigenvalue weighted by Gasteiger charge is -2.15. The topological polar surface area (TPSA) is 46.4 Å². The van der Waals surface area contributed by atoms with Gasteiger partial charge in [-0.3, -0.25) is 15.0 Å². The van der Waals surface area contributed by atoms with Gasteiger partial charge in [0, 0.05) is 18.7 Å². The van der Waals surface area contributed by atoms with E-state index in [9.17, 15) is 10.1 Å². The van der Waals surface area contributed by atoms with Crippen LogP contribution in [0.15, 0.2) is 18.2 Å². The monoisotopic (exact) mass is 220 g/mol. The summed E-state index contributed by atoms with van der Waals surface area (Å²) in [4.78, 5) is 12.7. The first-order valence-corrected chi connectivity index (χ1v) is 5.63. The molecule has 1 heterocycles. The highest BCUT2D eigenvalue weighted by Crippen LogP contribution is 2.20. The first kappa shape index (κ1) is 11.1. The summed E-state index contributed by atoms with van der Waals surface area (Å²) in [6, 6.07) is 5.13. The van der Waals surface area contributed by atoms with Crippen molar-refractivity contribution in [3.8, 4) is 0 Å². The van der Waals surface area contributed by atoms with Crippen LogP contribution in [0.25, 0.3) is 0 Å². The van der Waals surface area contributed by atoms with E-state index >= 15 is 0 Å². The van der Waals surface area contributed by atoms with Crippen LogP contribution in [-0.4, -0.2) is 22.9 Å². The SMILES string of the molecule is Cc1cc([N+](=O)[O-])ccc1CN1CCCC1. The lowest BCUT2D eigenvalue weighted by molar-refractivity contribution is -0.384. The van der Waals surface area contributed by atoms with E-state index in [1.807, 2.05) is 13.0 Å². The molecular weight excluding hydrogens is 204 g/mol. The molecule has 2 rings (SSSR count). The van der Waals surface area contributed by atoms with Gasteiger partial charge in [-0.1, -0.05) is 6.07 Å². The van der Waals surface area contributed by atoms with E-state index in [0.29, 0.717) is 0 Å². The molecular formula is C12H16N2O2. The zero-order valence-electron chi connectivity index (χ0n) is 9.48. The van der Waals surface area contributed by atoms with Crippen molar-refractivity contribution in [2.45, 2.75) is 26.3 Å². The summed E-state index contributed by atoms with van der Waals surface area (Å²) >= 11 is 0. The van der Waals surface area contributed by atoms with Crippen LogP contribution < -0.4 is 0 Å². The van der Waals surface area contributed by atoms with Crippen LogP contribution in [0.5, 0.6) is 0 Å². The van der Waals surface area contributed by atoms with E-state index in [-0.39, 0.29) is 10.6 Å². The molecule has 0 aromatic heterocycles. The average Bonchev–Trinajstić information content (AvgIpc) is 2.73. The predicted molar refractivity (Wildman–Crippen MR) is 62.3 cm³/mol. The normalized spacial score (nSPS) is 16.6. The van der Waals surface area contributed by atoms with Gasteiger partial charge in [0.15, 0.2) is 0 Å². The largest absolute Gasteiger partial charge is 0.299 e. The Hall–Kier alpha value is -1.42. The predicted octanol–water partition coefficient (Wildman–Crippen LogP) is 2.50. The molecule has 0 aliphatic carbocycles. The Balaban J connectivity index is 2.12. The summed E-state index contributed by atoms with van der Waals surface area (Å²) in [5.41, 5.74) is 2.40. The van der Waals surface area contributed by atoms with E-state index in [1.54, 1.807) is 12.1 Å². The second kappa shape index (κ2) is 4.61. The highest BCUT2D eigenvalue weighted by molar-refractivity contribution is 5.39. The first-order valence-electron chi connectivity index (χ1n) is 5.63. The Labute approximate surface area is 95.0 Å². The van der Waals surface area contributed by atoms with Crippen molar-refractivity contribution >= 4 is 5.69 Å². The van der Waals surface area contributed by atoms with Crippen molar-refractivity contribution in [2.24, 2.45) is 0 Å². The Bertz CT molecular complexity index is 398. The van der Waals surface area contributed by atoms with Gasteiger partial charge in [-0.25, -0.2) is 0 Å². The van der Waals surface area contributed by atoms with Crippen molar-refractivity contribution in [2.75, 3.05) is 13.1 Å². The average molecular weight is 220 g/mol. The Morgan fingerprint density at radius 1 is 1.38 bits per heavy atom. The van der Waals surface area contributed by atoms with Gasteiger partial charge in [0.1, 0.15) is 0 Å². The molecule has 86 valence electrons. The van der Waals surface area contributed by atoms with Crippen molar-refractivity contribution in [1.29, 1.82) is 0 Å². The van der Waals surface area contributed by atoms with Crippen LogP contribution in [-0.2, 0) is 6.54 Å². The molecule has 1 aliphatic rings. The number of nitro benzene ring substituents is 1. The summed E-state index contributed by atoms with van der Waals surface area (Å²) in [6.45, 7) is 5.16. The quantitative estimate of drug-likeness (QED) is 0.580. The minimum absolute atomic E-state index is 0.183. The Morgan fingerprint density at radius 3 is 2.62 bits per heavy atom. The molecule has 0 amide bonds. The number of nitro groups is 1. The molecule has 0 atom stereocenters. The third kappa shape index (κ3) is 2.39. The summed E-state index contributed by atoms with van der Waals surface area (Å²) in [7, 11) is 0. The highest BCUT2D eigenvalue weighted by Gasteiger charge is 2.14. The van der Waals surface area contributed by atoms with Gasteiger partial charge < -0.3 is 0 Å². The van der Waals surface area contributed by atoms with Crippen LogP contribution in [0.2, 0.25) is 0 Å².